The number of carbonyl (C=O) groups is 3. The van der Waals surface area contributed by atoms with Crippen molar-refractivity contribution >= 4 is 33.8 Å². The summed E-state index contributed by atoms with van der Waals surface area (Å²) in [5, 5.41) is 0. The van der Waals surface area contributed by atoms with Gasteiger partial charge in [0.2, 0.25) is 0 Å². The molecule has 104 valence electrons. The van der Waals surface area contributed by atoms with Gasteiger partial charge in [-0.1, -0.05) is 0 Å². The number of carbonyl (C=O) groups excluding carboxylic acids is 3. The molecule has 1 heterocycles. The number of ether oxygens (including phenoxy) is 2. The summed E-state index contributed by atoms with van der Waals surface area (Å²) in [6.07, 6.45) is 0. The van der Waals surface area contributed by atoms with E-state index in [1.54, 1.807) is 0 Å². The highest BCUT2D eigenvalue weighted by Crippen LogP contribution is 2.15. The van der Waals surface area contributed by atoms with Crippen molar-refractivity contribution in [3.05, 3.63) is 22.6 Å². The van der Waals surface area contributed by atoms with Gasteiger partial charge in [-0.2, -0.15) is 0 Å². The highest BCUT2D eigenvalue weighted by molar-refractivity contribution is 9.10. The zero-order valence-electron chi connectivity index (χ0n) is 10.3. The fourth-order valence-electron chi connectivity index (χ4n) is 1.23. The first-order valence-corrected chi connectivity index (χ1v) is 5.95. The Hall–Kier alpha value is -1.83. The highest BCUT2D eigenvalue weighted by Gasteiger charge is 2.24. The number of halogens is 1. The number of nitrogens with zero attached hydrogens (tertiary/aromatic N) is 1. The third-order valence-corrected chi connectivity index (χ3v) is 2.59. The molecule has 1 amide bonds. The summed E-state index contributed by atoms with van der Waals surface area (Å²) in [5.74, 6) is -1.91. The second-order valence-electron chi connectivity index (χ2n) is 3.42. The first-order chi connectivity index (χ1) is 8.97. The van der Waals surface area contributed by atoms with Crippen LogP contribution in [0.3, 0.4) is 0 Å². The Bertz CT molecular complexity index is 465. The Morgan fingerprint density at radius 3 is 2.05 bits per heavy atom. The van der Waals surface area contributed by atoms with E-state index in [1.165, 1.54) is 26.4 Å². The Morgan fingerprint density at radius 2 is 1.68 bits per heavy atom. The summed E-state index contributed by atoms with van der Waals surface area (Å²) in [5.41, 5.74) is 0. The lowest BCUT2D eigenvalue weighted by atomic mass is 10.3. The van der Waals surface area contributed by atoms with E-state index in [2.05, 4.69) is 25.4 Å². The topological polar surface area (TPSA) is 86.0 Å². The fraction of sp³-hybridized carbons (Fsp3) is 0.364. The van der Waals surface area contributed by atoms with Gasteiger partial charge in [-0.3, -0.25) is 14.4 Å². The molecular weight excluding hydrogens is 322 g/mol. The molecule has 0 atom stereocenters. The van der Waals surface area contributed by atoms with Crippen molar-refractivity contribution in [2.24, 2.45) is 0 Å². The summed E-state index contributed by atoms with van der Waals surface area (Å²) in [6, 6.07) is 2.95. The predicted molar refractivity (Wildman–Crippen MR) is 66.3 cm³/mol. The van der Waals surface area contributed by atoms with Crippen molar-refractivity contribution in [1.82, 2.24) is 4.90 Å². The van der Waals surface area contributed by atoms with E-state index in [9.17, 15) is 14.4 Å². The maximum atomic E-state index is 12.1. The van der Waals surface area contributed by atoms with Crippen LogP contribution in [-0.4, -0.2) is 50.1 Å². The average Bonchev–Trinajstić information content (AvgIpc) is 2.83. The van der Waals surface area contributed by atoms with Crippen LogP contribution in [0.2, 0.25) is 0 Å². The van der Waals surface area contributed by atoms with E-state index in [-0.39, 0.29) is 18.8 Å². The Morgan fingerprint density at radius 1 is 1.16 bits per heavy atom. The van der Waals surface area contributed by atoms with Crippen molar-refractivity contribution in [3.8, 4) is 0 Å². The lowest BCUT2D eigenvalue weighted by Crippen LogP contribution is -2.40. The molecule has 0 saturated heterocycles. The van der Waals surface area contributed by atoms with E-state index < -0.39 is 17.8 Å². The molecule has 0 saturated carbocycles. The molecule has 0 radical (unpaired) electrons. The van der Waals surface area contributed by atoms with Gasteiger partial charge >= 0.3 is 11.9 Å². The van der Waals surface area contributed by atoms with Crippen LogP contribution < -0.4 is 0 Å². The van der Waals surface area contributed by atoms with Gasteiger partial charge in [0.1, 0.15) is 13.1 Å². The monoisotopic (exact) mass is 333 g/mol. The highest BCUT2D eigenvalue weighted by atomic mass is 79.9. The van der Waals surface area contributed by atoms with Gasteiger partial charge in [0.05, 0.1) is 14.2 Å². The Balaban J connectivity index is 2.85. The molecule has 0 spiro atoms. The lowest BCUT2D eigenvalue weighted by Gasteiger charge is -2.18. The zero-order chi connectivity index (χ0) is 14.4. The Labute approximate surface area is 117 Å². The largest absolute Gasteiger partial charge is 0.468 e. The molecule has 1 aromatic heterocycles. The van der Waals surface area contributed by atoms with Crippen molar-refractivity contribution in [3.63, 3.8) is 0 Å². The van der Waals surface area contributed by atoms with Crippen LogP contribution >= 0.6 is 15.9 Å². The van der Waals surface area contributed by atoms with Crippen LogP contribution in [-0.2, 0) is 19.1 Å². The standard InChI is InChI=1S/C11H12BrNO6/c1-17-9(14)5-13(6-10(15)18-2)11(16)7-3-4-8(12)19-7/h3-4H,5-6H2,1-2H3. The van der Waals surface area contributed by atoms with Crippen LogP contribution in [0.5, 0.6) is 0 Å². The van der Waals surface area contributed by atoms with Crippen molar-refractivity contribution < 1.29 is 28.3 Å². The summed E-state index contributed by atoms with van der Waals surface area (Å²) >= 11 is 3.06. The summed E-state index contributed by atoms with van der Waals surface area (Å²) in [4.78, 5) is 35.5. The average molecular weight is 334 g/mol. The third kappa shape index (κ3) is 4.40. The van der Waals surface area contributed by atoms with Crippen LogP contribution in [0.25, 0.3) is 0 Å². The van der Waals surface area contributed by atoms with Gasteiger partial charge in [-0.15, -0.1) is 0 Å². The quantitative estimate of drug-likeness (QED) is 0.742. The molecule has 0 N–H and O–H groups in total. The maximum Gasteiger partial charge on any atom is 0.325 e. The number of hydrogen-bond donors (Lipinski definition) is 0. The second kappa shape index (κ2) is 6.93. The molecule has 0 aliphatic heterocycles. The van der Waals surface area contributed by atoms with E-state index >= 15 is 0 Å². The molecule has 0 fully saturated rings. The van der Waals surface area contributed by atoms with E-state index in [0.717, 1.165) is 4.90 Å². The molecule has 1 aromatic rings. The molecule has 0 bridgehead atoms. The number of hydrogen-bond acceptors (Lipinski definition) is 6. The normalized spacial score (nSPS) is 9.84. The first kappa shape index (κ1) is 15.2. The van der Waals surface area contributed by atoms with Gasteiger partial charge < -0.3 is 18.8 Å². The zero-order valence-corrected chi connectivity index (χ0v) is 11.9. The molecule has 0 aliphatic rings. The molecule has 0 aromatic carbocycles. The van der Waals surface area contributed by atoms with Crippen LogP contribution in [0, 0.1) is 0 Å². The second-order valence-corrected chi connectivity index (χ2v) is 4.20. The number of methoxy groups -OCH3 is 2. The number of furan rings is 1. The Kier molecular flexibility index (Phi) is 5.56. The minimum atomic E-state index is -0.650. The molecule has 0 aliphatic carbocycles. The summed E-state index contributed by atoms with van der Waals surface area (Å²) in [6.45, 7) is -0.745. The smallest absolute Gasteiger partial charge is 0.325 e. The predicted octanol–water partition coefficient (Wildman–Crippen LogP) is 0.830. The van der Waals surface area contributed by atoms with Crippen molar-refractivity contribution in [2.75, 3.05) is 27.3 Å². The van der Waals surface area contributed by atoms with E-state index in [1.807, 2.05) is 0 Å². The molecule has 7 nitrogen and oxygen atoms in total. The number of esters is 2. The van der Waals surface area contributed by atoms with Gasteiger partial charge in [0.15, 0.2) is 10.4 Å². The van der Waals surface area contributed by atoms with Crippen molar-refractivity contribution in [2.45, 2.75) is 0 Å². The molecule has 8 heteroatoms. The minimum Gasteiger partial charge on any atom is -0.468 e. The first-order valence-electron chi connectivity index (χ1n) is 5.16. The van der Waals surface area contributed by atoms with Crippen LogP contribution in [0.15, 0.2) is 21.2 Å². The lowest BCUT2D eigenvalue weighted by molar-refractivity contribution is -0.144. The molecular formula is C11H12BrNO6. The number of rotatable bonds is 5. The summed E-state index contributed by atoms with van der Waals surface area (Å²) < 4.78 is 14.4. The molecule has 1 rings (SSSR count). The van der Waals surface area contributed by atoms with Gasteiger partial charge in [0.25, 0.3) is 5.91 Å². The van der Waals surface area contributed by atoms with E-state index in [0.29, 0.717) is 4.67 Å². The maximum absolute atomic E-state index is 12.1. The van der Waals surface area contributed by atoms with Gasteiger partial charge in [0, 0.05) is 0 Å². The molecule has 0 unspecified atom stereocenters. The van der Waals surface area contributed by atoms with Gasteiger partial charge in [-0.05, 0) is 28.1 Å². The van der Waals surface area contributed by atoms with E-state index in [4.69, 9.17) is 4.42 Å². The number of amides is 1. The van der Waals surface area contributed by atoms with Crippen LogP contribution in [0.1, 0.15) is 10.6 Å². The van der Waals surface area contributed by atoms with Crippen molar-refractivity contribution in [1.29, 1.82) is 0 Å². The summed E-state index contributed by atoms with van der Waals surface area (Å²) in [7, 11) is 2.37. The van der Waals surface area contributed by atoms with Gasteiger partial charge in [-0.25, -0.2) is 0 Å². The SMILES string of the molecule is COC(=O)CN(CC(=O)OC)C(=O)c1ccc(Br)o1. The molecule has 19 heavy (non-hydrogen) atoms. The minimum absolute atomic E-state index is 0.000295. The third-order valence-electron chi connectivity index (χ3n) is 2.17. The fourth-order valence-corrected chi connectivity index (χ4v) is 1.53. The van der Waals surface area contributed by atoms with Crippen LogP contribution in [0.4, 0.5) is 0 Å².